The zero-order valence-corrected chi connectivity index (χ0v) is 17.7. The van der Waals surface area contributed by atoms with Crippen LogP contribution in [0.1, 0.15) is 17.2 Å². The van der Waals surface area contributed by atoms with E-state index < -0.39 is 17.7 Å². The first kappa shape index (κ1) is 19.9. The van der Waals surface area contributed by atoms with E-state index in [1.807, 2.05) is 12.1 Å². The average Bonchev–Trinajstić information content (AvgIpc) is 3.05. The van der Waals surface area contributed by atoms with E-state index in [0.29, 0.717) is 22.6 Å². The second kappa shape index (κ2) is 8.16. The van der Waals surface area contributed by atoms with Gasteiger partial charge in [-0.05, 0) is 42.0 Å². The van der Waals surface area contributed by atoms with Crippen molar-refractivity contribution in [1.29, 1.82) is 0 Å². The summed E-state index contributed by atoms with van der Waals surface area (Å²) < 4.78 is 6.17. The van der Waals surface area contributed by atoms with Crippen molar-refractivity contribution >= 4 is 39.1 Å². The summed E-state index contributed by atoms with van der Waals surface area (Å²) in [7, 11) is 1.55. The smallest absolute Gasteiger partial charge is 0.300 e. The van der Waals surface area contributed by atoms with Crippen molar-refractivity contribution in [2.75, 3.05) is 12.0 Å². The van der Waals surface area contributed by atoms with Crippen LogP contribution in [0.2, 0.25) is 0 Å². The monoisotopic (exact) mass is 463 g/mol. The van der Waals surface area contributed by atoms with Crippen LogP contribution in [-0.2, 0) is 9.59 Å². The van der Waals surface area contributed by atoms with Gasteiger partial charge in [0, 0.05) is 15.7 Å². The molecule has 0 radical (unpaired) electrons. The number of methoxy groups -OCH3 is 1. The second-order valence-electron chi connectivity index (χ2n) is 6.79. The number of benzene rings is 3. The first-order valence-electron chi connectivity index (χ1n) is 9.27. The summed E-state index contributed by atoms with van der Waals surface area (Å²) in [6.45, 7) is 0. The average molecular weight is 464 g/mol. The van der Waals surface area contributed by atoms with E-state index in [1.54, 1.807) is 73.8 Å². The minimum Gasteiger partial charge on any atom is -0.507 e. The fraction of sp³-hybridized carbons (Fsp3) is 0.0833. The van der Waals surface area contributed by atoms with Crippen LogP contribution in [0.25, 0.3) is 5.76 Å². The number of anilines is 1. The van der Waals surface area contributed by atoms with E-state index in [4.69, 9.17) is 4.74 Å². The molecule has 1 amide bonds. The Bertz CT molecular complexity index is 1140. The summed E-state index contributed by atoms with van der Waals surface area (Å²) >= 11 is 3.36. The Labute approximate surface area is 182 Å². The van der Waals surface area contributed by atoms with Gasteiger partial charge in [0.15, 0.2) is 0 Å². The Morgan fingerprint density at radius 3 is 2.33 bits per heavy atom. The number of aliphatic hydroxyl groups excluding tert-OH is 1. The summed E-state index contributed by atoms with van der Waals surface area (Å²) in [5.74, 6) is -1.04. The highest BCUT2D eigenvalue weighted by molar-refractivity contribution is 9.10. The van der Waals surface area contributed by atoms with E-state index in [9.17, 15) is 14.7 Å². The molecule has 1 fully saturated rings. The van der Waals surface area contributed by atoms with E-state index in [-0.39, 0.29) is 11.3 Å². The Hall–Kier alpha value is -3.38. The molecule has 0 unspecified atom stereocenters. The maximum Gasteiger partial charge on any atom is 0.300 e. The van der Waals surface area contributed by atoms with Crippen molar-refractivity contribution in [2.24, 2.45) is 0 Å². The molecule has 5 nitrogen and oxygen atoms in total. The van der Waals surface area contributed by atoms with Crippen LogP contribution in [0.4, 0.5) is 5.69 Å². The molecule has 1 N–H and O–H groups in total. The first-order valence-corrected chi connectivity index (χ1v) is 10.1. The molecule has 1 atom stereocenters. The number of aliphatic hydroxyl groups is 1. The lowest BCUT2D eigenvalue weighted by atomic mass is 9.95. The molecule has 1 aliphatic rings. The summed E-state index contributed by atoms with van der Waals surface area (Å²) in [5.41, 5.74) is 1.73. The number of ketones is 1. The fourth-order valence-electron chi connectivity index (χ4n) is 3.58. The minimum absolute atomic E-state index is 0.0411. The lowest BCUT2D eigenvalue weighted by Crippen LogP contribution is -2.29. The molecule has 6 heteroatoms. The van der Waals surface area contributed by atoms with Crippen molar-refractivity contribution < 1.29 is 19.4 Å². The fourth-order valence-corrected chi connectivity index (χ4v) is 3.84. The highest BCUT2D eigenvalue weighted by Gasteiger charge is 2.47. The quantitative estimate of drug-likeness (QED) is 0.332. The third kappa shape index (κ3) is 3.50. The number of ether oxygens (including phenoxy) is 1. The summed E-state index contributed by atoms with van der Waals surface area (Å²) in [6, 6.07) is 22.2. The van der Waals surface area contributed by atoms with Gasteiger partial charge in [-0.3, -0.25) is 14.5 Å². The molecular weight excluding hydrogens is 446 g/mol. The minimum atomic E-state index is -0.786. The Morgan fingerprint density at radius 2 is 1.67 bits per heavy atom. The molecule has 0 saturated carbocycles. The number of carbonyl (C=O) groups excluding carboxylic acids is 2. The normalized spacial score (nSPS) is 17.9. The molecule has 1 aliphatic heterocycles. The third-order valence-electron chi connectivity index (χ3n) is 5.01. The van der Waals surface area contributed by atoms with Gasteiger partial charge in [0.25, 0.3) is 11.7 Å². The van der Waals surface area contributed by atoms with Crippen molar-refractivity contribution in [2.45, 2.75) is 6.04 Å². The Morgan fingerprint density at radius 1 is 0.967 bits per heavy atom. The number of halogens is 1. The molecule has 150 valence electrons. The number of amides is 1. The van der Waals surface area contributed by atoms with Crippen LogP contribution in [0, 0.1) is 0 Å². The molecule has 4 rings (SSSR count). The van der Waals surface area contributed by atoms with Gasteiger partial charge < -0.3 is 9.84 Å². The van der Waals surface area contributed by atoms with Gasteiger partial charge in [-0.25, -0.2) is 0 Å². The van der Waals surface area contributed by atoms with Gasteiger partial charge in [-0.15, -0.1) is 0 Å². The van der Waals surface area contributed by atoms with Crippen molar-refractivity contribution in [3.8, 4) is 5.75 Å². The lowest BCUT2D eigenvalue weighted by molar-refractivity contribution is -0.132. The Kier molecular flexibility index (Phi) is 5.42. The van der Waals surface area contributed by atoms with Gasteiger partial charge in [0.1, 0.15) is 11.5 Å². The first-order chi connectivity index (χ1) is 14.5. The van der Waals surface area contributed by atoms with E-state index in [1.165, 1.54) is 4.90 Å². The van der Waals surface area contributed by atoms with Gasteiger partial charge >= 0.3 is 0 Å². The molecule has 1 saturated heterocycles. The predicted molar refractivity (Wildman–Crippen MR) is 118 cm³/mol. The molecule has 30 heavy (non-hydrogen) atoms. The molecule has 0 aliphatic carbocycles. The highest BCUT2D eigenvalue weighted by atomic mass is 79.9. The number of carbonyl (C=O) groups is 2. The topological polar surface area (TPSA) is 66.8 Å². The van der Waals surface area contributed by atoms with Crippen molar-refractivity contribution in [3.05, 3.63) is 100 Å². The molecule has 3 aromatic rings. The summed E-state index contributed by atoms with van der Waals surface area (Å²) in [6.07, 6.45) is 0. The lowest BCUT2D eigenvalue weighted by Gasteiger charge is -2.25. The standard InChI is InChI=1S/C24H18BrNO4/c1-30-19-9-5-6-16(14-19)21-20(22(27)15-10-12-17(25)13-11-15)23(28)24(29)26(21)18-7-3-2-4-8-18/h2-14,21,27H,1H3/t21-/m0/s1. The number of rotatable bonds is 4. The molecule has 3 aromatic carbocycles. The summed E-state index contributed by atoms with van der Waals surface area (Å²) in [5, 5.41) is 11.1. The molecule has 0 aromatic heterocycles. The number of hydrogen-bond acceptors (Lipinski definition) is 4. The molecule has 0 bridgehead atoms. The highest BCUT2D eigenvalue weighted by Crippen LogP contribution is 2.42. The maximum absolute atomic E-state index is 13.1. The van der Waals surface area contributed by atoms with Crippen LogP contribution in [-0.4, -0.2) is 23.9 Å². The van der Waals surface area contributed by atoms with Gasteiger partial charge in [0.05, 0.1) is 18.7 Å². The van der Waals surface area contributed by atoms with E-state index in [0.717, 1.165) is 4.47 Å². The van der Waals surface area contributed by atoms with Crippen LogP contribution in [0.3, 0.4) is 0 Å². The molecule has 1 heterocycles. The third-order valence-corrected chi connectivity index (χ3v) is 5.53. The van der Waals surface area contributed by atoms with Crippen molar-refractivity contribution in [1.82, 2.24) is 0 Å². The van der Waals surface area contributed by atoms with Gasteiger partial charge in [-0.2, -0.15) is 0 Å². The predicted octanol–water partition coefficient (Wildman–Crippen LogP) is 5.08. The zero-order chi connectivity index (χ0) is 21.3. The molecule has 0 spiro atoms. The SMILES string of the molecule is COc1cccc([C@H]2C(=C(O)c3ccc(Br)cc3)C(=O)C(=O)N2c2ccccc2)c1. The number of para-hydroxylation sites is 1. The largest absolute Gasteiger partial charge is 0.507 e. The van der Waals surface area contributed by atoms with Crippen LogP contribution < -0.4 is 9.64 Å². The summed E-state index contributed by atoms with van der Waals surface area (Å²) in [4.78, 5) is 27.5. The number of Topliss-reactive ketones (excluding diaryl/α,β-unsaturated/α-hetero) is 1. The number of nitrogens with zero attached hydrogens (tertiary/aromatic N) is 1. The van der Waals surface area contributed by atoms with Gasteiger partial charge in [0.2, 0.25) is 0 Å². The van der Waals surface area contributed by atoms with E-state index >= 15 is 0 Å². The van der Waals surface area contributed by atoms with Crippen LogP contribution in [0.15, 0.2) is 88.9 Å². The number of hydrogen-bond donors (Lipinski definition) is 1. The maximum atomic E-state index is 13.1. The van der Waals surface area contributed by atoms with Gasteiger partial charge in [-0.1, -0.05) is 58.4 Å². The Balaban J connectivity index is 1.95. The van der Waals surface area contributed by atoms with Crippen LogP contribution >= 0.6 is 15.9 Å². The van der Waals surface area contributed by atoms with Crippen LogP contribution in [0.5, 0.6) is 5.75 Å². The molecular formula is C24H18BrNO4. The van der Waals surface area contributed by atoms with Crippen molar-refractivity contribution in [3.63, 3.8) is 0 Å². The zero-order valence-electron chi connectivity index (χ0n) is 16.1. The second-order valence-corrected chi connectivity index (χ2v) is 7.70. The van der Waals surface area contributed by atoms with E-state index in [2.05, 4.69) is 15.9 Å².